The second-order valence-corrected chi connectivity index (χ2v) is 1.37. The fourth-order valence-corrected chi connectivity index (χ4v) is 0. The zero-order valence-corrected chi connectivity index (χ0v) is 5.63. The Morgan fingerprint density at radius 1 is 1.80 bits per heavy atom. The molecule has 0 spiro atoms. The molecule has 4 N–H and O–H groups in total. The van der Waals surface area contributed by atoms with E-state index in [1.54, 1.807) is 5.43 Å². The molecule has 0 rings (SSSR count). The van der Waals surface area contributed by atoms with Crippen LogP contribution in [0.2, 0.25) is 0 Å². The van der Waals surface area contributed by atoms with Gasteiger partial charge in [0.1, 0.15) is 0 Å². The van der Waals surface area contributed by atoms with Crippen LogP contribution in [0, 0.1) is 0 Å². The van der Waals surface area contributed by atoms with Crippen LogP contribution in [0.1, 0.15) is 6.92 Å². The summed E-state index contributed by atoms with van der Waals surface area (Å²) in [6.45, 7) is 4.60. The fraction of sp³-hybridized carbons (Fsp3) is 0.200. The second-order valence-electron chi connectivity index (χ2n) is 1.37. The van der Waals surface area contributed by atoms with Gasteiger partial charge in [-0.1, -0.05) is 6.58 Å². The normalized spacial score (nSPS) is 6.60. The highest BCUT2D eigenvalue weighted by molar-refractivity contribution is 5.84. The Morgan fingerprint density at radius 2 is 2.00 bits per heavy atom. The Kier molecular flexibility index (Phi) is 8.74. The van der Waals surface area contributed by atoms with Crippen LogP contribution < -0.4 is 11.3 Å². The fourth-order valence-electron chi connectivity index (χ4n) is 0. The van der Waals surface area contributed by atoms with Gasteiger partial charge in [0.15, 0.2) is 0 Å². The third kappa shape index (κ3) is 15.9. The number of nitrogens with one attached hydrogen (secondary N) is 1. The number of aliphatic carboxylic acids is 1. The molecule has 0 aliphatic carbocycles. The molecule has 5 nitrogen and oxygen atoms in total. The van der Waals surface area contributed by atoms with Gasteiger partial charge in [0.25, 0.3) is 0 Å². The van der Waals surface area contributed by atoms with E-state index in [-0.39, 0.29) is 5.57 Å². The highest BCUT2D eigenvalue weighted by Gasteiger charge is 1.90. The summed E-state index contributed by atoms with van der Waals surface area (Å²) in [6.07, 6.45) is 0.403. The second kappa shape index (κ2) is 7.64. The Bertz CT molecular complexity index is 121. The average Bonchev–Trinajstić information content (AvgIpc) is 1.89. The predicted octanol–water partition coefficient (Wildman–Crippen LogP) is -0.747. The summed E-state index contributed by atoms with van der Waals surface area (Å²) in [6, 6.07) is 0. The minimum Gasteiger partial charge on any atom is -0.478 e. The summed E-state index contributed by atoms with van der Waals surface area (Å²) in [4.78, 5) is 18.5. The quantitative estimate of drug-likeness (QED) is 0.157. The van der Waals surface area contributed by atoms with Crippen molar-refractivity contribution in [2.45, 2.75) is 6.92 Å². The smallest absolute Gasteiger partial charge is 0.330 e. The number of carboxylic acid groups (broad SMARTS) is 1. The molecule has 0 aliphatic heterocycles. The van der Waals surface area contributed by atoms with Crippen LogP contribution >= 0.6 is 0 Å². The number of carboxylic acids is 1. The number of carbonyl (C=O) groups is 2. The lowest BCUT2D eigenvalue weighted by atomic mass is 10.4. The Morgan fingerprint density at radius 3 is 2.00 bits per heavy atom. The number of hydrazine groups is 1. The first-order valence-corrected chi connectivity index (χ1v) is 2.34. The number of hydrogen-bond acceptors (Lipinski definition) is 3. The van der Waals surface area contributed by atoms with Gasteiger partial charge in [-0.25, -0.2) is 10.6 Å². The molecular formula is C5H10N2O3. The van der Waals surface area contributed by atoms with Crippen molar-refractivity contribution in [1.29, 1.82) is 0 Å². The van der Waals surface area contributed by atoms with Crippen molar-refractivity contribution in [3.05, 3.63) is 12.2 Å². The third-order valence-electron chi connectivity index (χ3n) is 0.433. The van der Waals surface area contributed by atoms with Crippen LogP contribution in [0.15, 0.2) is 12.2 Å². The molecule has 10 heavy (non-hydrogen) atoms. The van der Waals surface area contributed by atoms with Crippen molar-refractivity contribution < 1.29 is 14.7 Å². The van der Waals surface area contributed by atoms with E-state index in [2.05, 4.69) is 12.4 Å². The van der Waals surface area contributed by atoms with Gasteiger partial charge in [0.05, 0.1) is 0 Å². The molecule has 0 atom stereocenters. The summed E-state index contributed by atoms with van der Waals surface area (Å²) in [5.41, 5.74) is 1.93. The van der Waals surface area contributed by atoms with Crippen molar-refractivity contribution in [3.8, 4) is 0 Å². The van der Waals surface area contributed by atoms with Crippen LogP contribution in [0.3, 0.4) is 0 Å². The third-order valence-corrected chi connectivity index (χ3v) is 0.433. The topological polar surface area (TPSA) is 92.4 Å². The van der Waals surface area contributed by atoms with E-state index in [0.29, 0.717) is 6.41 Å². The highest BCUT2D eigenvalue weighted by Crippen LogP contribution is 1.81. The van der Waals surface area contributed by atoms with Crippen molar-refractivity contribution in [1.82, 2.24) is 5.43 Å². The van der Waals surface area contributed by atoms with E-state index in [4.69, 9.17) is 9.90 Å². The molecule has 0 saturated heterocycles. The minimum absolute atomic E-state index is 0.176. The molecular weight excluding hydrogens is 136 g/mol. The molecule has 0 radical (unpaired) electrons. The minimum atomic E-state index is -0.935. The lowest BCUT2D eigenvalue weighted by Crippen LogP contribution is -2.18. The first-order chi connectivity index (χ1) is 4.56. The number of hydrogen-bond donors (Lipinski definition) is 3. The van der Waals surface area contributed by atoms with E-state index >= 15 is 0 Å². The average molecular weight is 146 g/mol. The van der Waals surface area contributed by atoms with E-state index in [0.717, 1.165) is 0 Å². The number of nitrogens with two attached hydrogens (primary N) is 1. The van der Waals surface area contributed by atoms with Crippen molar-refractivity contribution in [2.75, 3.05) is 0 Å². The molecule has 0 aliphatic rings. The predicted molar refractivity (Wildman–Crippen MR) is 35.8 cm³/mol. The lowest BCUT2D eigenvalue weighted by Gasteiger charge is -1.79. The number of rotatable bonds is 2. The summed E-state index contributed by atoms with van der Waals surface area (Å²) < 4.78 is 0. The number of amides is 1. The Labute approximate surface area is 58.5 Å². The van der Waals surface area contributed by atoms with Crippen molar-refractivity contribution >= 4 is 12.4 Å². The Balaban J connectivity index is 0. The summed E-state index contributed by atoms with van der Waals surface area (Å²) in [5.74, 6) is 3.47. The first kappa shape index (κ1) is 11.4. The molecule has 0 aromatic carbocycles. The van der Waals surface area contributed by atoms with Crippen LogP contribution in [-0.2, 0) is 9.59 Å². The SMILES string of the molecule is C=C(C)C(=O)O.NNC=O. The molecule has 5 heteroatoms. The van der Waals surface area contributed by atoms with Gasteiger partial charge < -0.3 is 5.11 Å². The summed E-state index contributed by atoms with van der Waals surface area (Å²) in [5, 5.41) is 7.89. The summed E-state index contributed by atoms with van der Waals surface area (Å²) >= 11 is 0. The van der Waals surface area contributed by atoms with Gasteiger partial charge in [-0.15, -0.1) is 0 Å². The molecule has 0 saturated carbocycles. The van der Waals surface area contributed by atoms with Crippen molar-refractivity contribution in [3.63, 3.8) is 0 Å². The maximum Gasteiger partial charge on any atom is 0.330 e. The zero-order chi connectivity index (χ0) is 8.57. The molecule has 1 amide bonds. The van der Waals surface area contributed by atoms with Gasteiger partial charge in [-0.2, -0.15) is 0 Å². The van der Waals surface area contributed by atoms with Gasteiger partial charge in [-0.3, -0.25) is 10.2 Å². The lowest BCUT2D eigenvalue weighted by molar-refractivity contribution is -0.132. The monoisotopic (exact) mass is 146 g/mol. The molecule has 0 aromatic heterocycles. The highest BCUT2D eigenvalue weighted by atomic mass is 16.4. The van der Waals surface area contributed by atoms with E-state index in [1.807, 2.05) is 0 Å². The molecule has 58 valence electrons. The molecule has 0 fully saturated rings. The number of carbonyl (C=O) groups excluding carboxylic acids is 1. The Hall–Kier alpha value is -1.36. The van der Waals surface area contributed by atoms with E-state index < -0.39 is 5.97 Å². The standard InChI is InChI=1S/C4H6O2.CH4N2O/c1-3(2)4(5)6;2-3-1-4/h1H2,2H3,(H,5,6);1H,2H2,(H,3,4). The molecule has 0 aromatic rings. The van der Waals surface area contributed by atoms with Crippen LogP contribution in [0.5, 0.6) is 0 Å². The van der Waals surface area contributed by atoms with Crippen LogP contribution in [-0.4, -0.2) is 17.5 Å². The first-order valence-electron chi connectivity index (χ1n) is 2.34. The van der Waals surface area contributed by atoms with Gasteiger partial charge in [0, 0.05) is 5.57 Å². The summed E-state index contributed by atoms with van der Waals surface area (Å²) in [7, 11) is 0. The zero-order valence-electron chi connectivity index (χ0n) is 5.63. The van der Waals surface area contributed by atoms with E-state index in [9.17, 15) is 4.79 Å². The van der Waals surface area contributed by atoms with Gasteiger partial charge >= 0.3 is 5.97 Å². The van der Waals surface area contributed by atoms with Crippen LogP contribution in [0.4, 0.5) is 0 Å². The van der Waals surface area contributed by atoms with Crippen LogP contribution in [0.25, 0.3) is 0 Å². The maximum atomic E-state index is 9.60. The molecule has 0 bridgehead atoms. The molecule has 0 unspecified atom stereocenters. The van der Waals surface area contributed by atoms with Gasteiger partial charge in [0.2, 0.25) is 6.41 Å². The maximum absolute atomic E-state index is 9.60. The molecule has 0 heterocycles. The van der Waals surface area contributed by atoms with E-state index in [1.165, 1.54) is 6.92 Å². The largest absolute Gasteiger partial charge is 0.478 e. The van der Waals surface area contributed by atoms with Crippen molar-refractivity contribution in [2.24, 2.45) is 5.84 Å². The van der Waals surface area contributed by atoms with Gasteiger partial charge in [-0.05, 0) is 6.92 Å².